The highest BCUT2D eigenvalue weighted by atomic mass is 79.9. The third-order valence-electron chi connectivity index (χ3n) is 5.67. The van der Waals surface area contributed by atoms with Crippen LogP contribution in [0.1, 0.15) is 36.1 Å². The van der Waals surface area contributed by atoms with Crippen LogP contribution in [0.25, 0.3) is 5.57 Å². The summed E-state index contributed by atoms with van der Waals surface area (Å²) in [4.78, 5) is 1.94. The van der Waals surface area contributed by atoms with E-state index in [9.17, 15) is 8.78 Å². The van der Waals surface area contributed by atoms with E-state index in [2.05, 4.69) is 34.1 Å². The van der Waals surface area contributed by atoms with Crippen LogP contribution in [0, 0.1) is 0 Å². The highest BCUT2D eigenvalue weighted by Crippen LogP contribution is 2.50. The summed E-state index contributed by atoms with van der Waals surface area (Å²) in [5.41, 5.74) is 6.05. The van der Waals surface area contributed by atoms with Crippen LogP contribution in [-0.4, -0.2) is 31.0 Å². The van der Waals surface area contributed by atoms with Gasteiger partial charge in [-0.1, -0.05) is 40.2 Å². The van der Waals surface area contributed by atoms with Crippen LogP contribution in [-0.2, 0) is 6.42 Å². The topological polar surface area (TPSA) is 12.5 Å². The first-order valence-electron chi connectivity index (χ1n) is 9.17. The molecule has 2 aliphatic rings. The van der Waals surface area contributed by atoms with Crippen LogP contribution in [0.15, 0.2) is 52.5 Å². The van der Waals surface area contributed by atoms with Crippen molar-refractivity contribution in [2.45, 2.75) is 38.3 Å². The Bertz CT molecular complexity index is 896. The number of hydrogen-bond donors (Lipinski definition) is 0. The highest BCUT2D eigenvalue weighted by Gasteiger charge is 2.40. The molecule has 27 heavy (non-hydrogen) atoms. The summed E-state index contributed by atoms with van der Waals surface area (Å²) in [5.74, 6) is 0.736. The van der Waals surface area contributed by atoms with Crippen LogP contribution in [0.3, 0.4) is 0 Å². The van der Waals surface area contributed by atoms with Gasteiger partial charge in [0.05, 0.1) is 19.7 Å². The smallest absolute Gasteiger partial charge is 0.251 e. The Labute approximate surface area is 167 Å². The van der Waals surface area contributed by atoms with Crippen LogP contribution >= 0.6 is 15.9 Å². The Hall–Kier alpha value is -1.72. The lowest BCUT2D eigenvalue weighted by molar-refractivity contribution is 0.0476. The minimum atomic E-state index is -2.38. The summed E-state index contributed by atoms with van der Waals surface area (Å²) in [6, 6.07) is 14.1. The lowest BCUT2D eigenvalue weighted by atomic mass is 9.85. The van der Waals surface area contributed by atoms with Crippen molar-refractivity contribution in [3.05, 3.63) is 69.2 Å². The number of rotatable bonds is 4. The summed E-state index contributed by atoms with van der Waals surface area (Å²) in [7, 11) is 1.63. The van der Waals surface area contributed by atoms with Gasteiger partial charge in [-0.15, -0.1) is 0 Å². The third kappa shape index (κ3) is 3.32. The average Bonchev–Trinajstić information content (AvgIpc) is 3.00. The largest absolute Gasteiger partial charge is 0.496 e. The molecule has 0 saturated carbocycles. The van der Waals surface area contributed by atoms with Gasteiger partial charge in [0.1, 0.15) is 5.75 Å². The zero-order valence-corrected chi connectivity index (χ0v) is 17.0. The fraction of sp³-hybridized carbons (Fsp3) is 0.364. The van der Waals surface area contributed by atoms with Gasteiger partial charge >= 0.3 is 0 Å². The monoisotopic (exact) mass is 433 g/mol. The predicted octanol–water partition coefficient (Wildman–Crippen LogP) is 5.87. The number of halogens is 3. The van der Waals surface area contributed by atoms with E-state index in [1.165, 1.54) is 22.3 Å². The standard InChI is InChI=1S/C22H22BrF2NO/c1-13-9-17-16-6-4-3-5-14(16)10-18(17)22(26(13)12-21(24)25)19-11-15(23)7-8-20(19)27-2/h3-8,11,13,21-22H,9-10,12H2,1-2H3/t13-,22+/m1/s1. The molecule has 0 bridgehead atoms. The van der Waals surface area contributed by atoms with E-state index in [1.807, 2.05) is 36.1 Å². The summed E-state index contributed by atoms with van der Waals surface area (Å²) < 4.78 is 33.4. The number of ether oxygens (including phenoxy) is 1. The van der Waals surface area contributed by atoms with Crippen molar-refractivity contribution in [2.24, 2.45) is 0 Å². The first-order chi connectivity index (χ1) is 13.0. The Balaban J connectivity index is 1.89. The molecular formula is C22H22BrF2NO. The summed E-state index contributed by atoms with van der Waals surface area (Å²) >= 11 is 3.54. The van der Waals surface area contributed by atoms with E-state index >= 15 is 0 Å². The van der Waals surface area contributed by atoms with E-state index in [0.717, 1.165) is 28.6 Å². The lowest BCUT2D eigenvalue weighted by Crippen LogP contribution is -2.43. The first-order valence-corrected chi connectivity index (χ1v) is 9.96. The molecule has 0 saturated heterocycles. The number of alkyl halides is 2. The van der Waals surface area contributed by atoms with E-state index in [1.54, 1.807) is 7.11 Å². The second-order valence-corrected chi connectivity index (χ2v) is 8.18. The van der Waals surface area contributed by atoms with Gasteiger partial charge in [-0.3, -0.25) is 4.90 Å². The molecule has 2 aromatic rings. The summed E-state index contributed by atoms with van der Waals surface area (Å²) in [6.45, 7) is 1.80. The average molecular weight is 434 g/mol. The number of nitrogens with zero attached hydrogens (tertiary/aromatic N) is 1. The first kappa shape index (κ1) is 18.6. The molecule has 2 atom stereocenters. The molecule has 0 spiro atoms. The van der Waals surface area contributed by atoms with Crippen molar-refractivity contribution in [1.29, 1.82) is 0 Å². The molecule has 1 heterocycles. The van der Waals surface area contributed by atoms with E-state index < -0.39 is 6.43 Å². The van der Waals surface area contributed by atoms with Gasteiger partial charge in [0.25, 0.3) is 6.43 Å². The van der Waals surface area contributed by atoms with E-state index in [4.69, 9.17) is 4.74 Å². The lowest BCUT2D eigenvalue weighted by Gasteiger charge is -2.42. The van der Waals surface area contributed by atoms with Gasteiger partial charge in [0.2, 0.25) is 0 Å². The van der Waals surface area contributed by atoms with Crippen molar-refractivity contribution in [1.82, 2.24) is 4.90 Å². The third-order valence-corrected chi connectivity index (χ3v) is 6.17. The molecule has 2 aromatic carbocycles. The van der Waals surface area contributed by atoms with Crippen molar-refractivity contribution >= 4 is 21.5 Å². The molecule has 4 rings (SSSR count). The predicted molar refractivity (Wildman–Crippen MR) is 107 cm³/mol. The molecule has 2 nitrogen and oxygen atoms in total. The van der Waals surface area contributed by atoms with Crippen LogP contribution in [0.5, 0.6) is 5.75 Å². The maximum atomic E-state index is 13.5. The van der Waals surface area contributed by atoms with Crippen molar-refractivity contribution < 1.29 is 13.5 Å². The van der Waals surface area contributed by atoms with Gasteiger partial charge < -0.3 is 4.74 Å². The van der Waals surface area contributed by atoms with Crippen molar-refractivity contribution in [2.75, 3.05) is 13.7 Å². The Morgan fingerprint density at radius 3 is 2.74 bits per heavy atom. The molecule has 1 aliphatic carbocycles. The van der Waals surface area contributed by atoms with Crippen LogP contribution in [0.4, 0.5) is 8.78 Å². The molecule has 0 aromatic heterocycles. The molecule has 0 N–H and O–H groups in total. The molecule has 1 aliphatic heterocycles. The maximum absolute atomic E-state index is 13.5. The second-order valence-electron chi connectivity index (χ2n) is 7.27. The van der Waals surface area contributed by atoms with Gasteiger partial charge in [-0.05, 0) is 60.2 Å². The number of benzene rings is 2. The van der Waals surface area contributed by atoms with E-state index in [0.29, 0.717) is 0 Å². The van der Waals surface area contributed by atoms with Crippen LogP contribution in [0.2, 0.25) is 0 Å². The summed E-state index contributed by atoms with van der Waals surface area (Å²) in [6.07, 6.45) is -0.775. The molecule has 5 heteroatoms. The Kier molecular flexibility index (Phi) is 5.08. The molecule has 0 amide bonds. The zero-order valence-electron chi connectivity index (χ0n) is 15.4. The quantitative estimate of drug-likeness (QED) is 0.597. The summed E-state index contributed by atoms with van der Waals surface area (Å²) in [5, 5.41) is 0. The molecular weight excluding hydrogens is 412 g/mol. The second kappa shape index (κ2) is 7.36. The molecule has 142 valence electrons. The SMILES string of the molecule is COc1ccc(Br)cc1[C@@H]1C2=C(C[C@@H](C)N1CC(F)F)c1ccccc1C2. The van der Waals surface area contributed by atoms with Crippen molar-refractivity contribution in [3.63, 3.8) is 0 Å². The number of methoxy groups -OCH3 is 1. The van der Waals surface area contributed by atoms with Gasteiger partial charge in [-0.25, -0.2) is 8.78 Å². The Morgan fingerprint density at radius 2 is 2.00 bits per heavy atom. The minimum absolute atomic E-state index is 0.0255. The van der Waals surface area contributed by atoms with Gasteiger partial charge in [0.15, 0.2) is 0 Å². The number of hydrogen-bond acceptors (Lipinski definition) is 2. The molecule has 0 radical (unpaired) electrons. The van der Waals surface area contributed by atoms with Gasteiger partial charge in [-0.2, -0.15) is 0 Å². The molecule has 0 fully saturated rings. The zero-order chi connectivity index (χ0) is 19.1. The minimum Gasteiger partial charge on any atom is -0.496 e. The van der Waals surface area contributed by atoms with Gasteiger partial charge in [0, 0.05) is 16.1 Å². The number of fused-ring (bicyclic) bond motifs is 2. The fourth-order valence-electron chi connectivity index (χ4n) is 4.55. The van der Waals surface area contributed by atoms with E-state index in [-0.39, 0.29) is 18.6 Å². The van der Waals surface area contributed by atoms with Crippen molar-refractivity contribution in [3.8, 4) is 5.75 Å². The maximum Gasteiger partial charge on any atom is 0.251 e. The van der Waals surface area contributed by atoms with Crippen LogP contribution < -0.4 is 4.74 Å². The normalized spacial score (nSPS) is 22.1. The fourth-order valence-corrected chi connectivity index (χ4v) is 4.93. The molecule has 0 unspecified atom stereocenters. The Morgan fingerprint density at radius 1 is 1.22 bits per heavy atom. The highest BCUT2D eigenvalue weighted by molar-refractivity contribution is 9.10.